The van der Waals surface area contributed by atoms with Crippen molar-refractivity contribution in [1.82, 2.24) is 9.97 Å². The van der Waals surface area contributed by atoms with Crippen LogP contribution in [-0.4, -0.2) is 17.1 Å². The largest absolute Gasteiger partial charge is 0.496 e. The number of hydrogen-bond donors (Lipinski definition) is 0. The zero-order valence-corrected chi connectivity index (χ0v) is 12.0. The monoisotopic (exact) mass is 284 g/mol. The molecule has 0 bridgehead atoms. The van der Waals surface area contributed by atoms with E-state index in [9.17, 15) is 0 Å². The SMILES string of the molecule is COc1ccc(C)cc1-c1nc(Cl)c2ccccc2n1. The summed E-state index contributed by atoms with van der Waals surface area (Å²) in [6.07, 6.45) is 0. The van der Waals surface area contributed by atoms with Gasteiger partial charge in [-0.25, -0.2) is 9.97 Å². The molecule has 3 rings (SSSR count). The fraction of sp³-hybridized carbons (Fsp3) is 0.125. The van der Waals surface area contributed by atoms with E-state index in [2.05, 4.69) is 9.97 Å². The summed E-state index contributed by atoms with van der Waals surface area (Å²) in [5.74, 6) is 1.32. The van der Waals surface area contributed by atoms with Crippen molar-refractivity contribution in [3.63, 3.8) is 0 Å². The third-order valence-electron chi connectivity index (χ3n) is 3.15. The molecule has 4 heteroatoms. The summed E-state index contributed by atoms with van der Waals surface area (Å²) in [6, 6.07) is 13.6. The van der Waals surface area contributed by atoms with Crippen LogP contribution in [0, 0.1) is 6.92 Å². The molecule has 0 aliphatic carbocycles. The average molecular weight is 285 g/mol. The van der Waals surface area contributed by atoms with Gasteiger partial charge >= 0.3 is 0 Å². The van der Waals surface area contributed by atoms with Gasteiger partial charge in [-0.3, -0.25) is 0 Å². The van der Waals surface area contributed by atoms with Gasteiger partial charge in [0.05, 0.1) is 18.2 Å². The molecule has 1 heterocycles. The predicted molar refractivity (Wildman–Crippen MR) is 81.3 cm³/mol. The van der Waals surface area contributed by atoms with Crippen molar-refractivity contribution in [3.8, 4) is 17.1 Å². The normalized spacial score (nSPS) is 10.8. The summed E-state index contributed by atoms with van der Waals surface area (Å²) in [5.41, 5.74) is 2.79. The smallest absolute Gasteiger partial charge is 0.165 e. The van der Waals surface area contributed by atoms with Crippen LogP contribution in [-0.2, 0) is 0 Å². The van der Waals surface area contributed by atoms with E-state index in [4.69, 9.17) is 16.3 Å². The van der Waals surface area contributed by atoms with Gasteiger partial charge in [0.1, 0.15) is 10.9 Å². The number of hydrogen-bond acceptors (Lipinski definition) is 3. The Kier molecular flexibility index (Phi) is 3.28. The van der Waals surface area contributed by atoms with Crippen LogP contribution in [0.4, 0.5) is 0 Å². The van der Waals surface area contributed by atoms with Crippen LogP contribution in [0.15, 0.2) is 42.5 Å². The van der Waals surface area contributed by atoms with Crippen LogP contribution in [0.25, 0.3) is 22.3 Å². The lowest BCUT2D eigenvalue weighted by Gasteiger charge is -2.09. The number of rotatable bonds is 2. The fourth-order valence-corrected chi connectivity index (χ4v) is 2.39. The van der Waals surface area contributed by atoms with E-state index >= 15 is 0 Å². The lowest BCUT2D eigenvalue weighted by molar-refractivity contribution is 0.416. The van der Waals surface area contributed by atoms with Crippen LogP contribution >= 0.6 is 11.6 Å². The van der Waals surface area contributed by atoms with Crippen LogP contribution in [0.5, 0.6) is 5.75 Å². The van der Waals surface area contributed by atoms with E-state index in [0.29, 0.717) is 11.0 Å². The molecule has 1 aromatic heterocycles. The number of nitrogens with zero attached hydrogens (tertiary/aromatic N) is 2. The third-order valence-corrected chi connectivity index (χ3v) is 3.44. The number of ether oxygens (including phenoxy) is 1. The van der Waals surface area contributed by atoms with E-state index in [1.807, 2.05) is 49.4 Å². The van der Waals surface area contributed by atoms with Gasteiger partial charge in [0.15, 0.2) is 5.82 Å². The molecule has 0 saturated carbocycles. The summed E-state index contributed by atoms with van der Waals surface area (Å²) in [7, 11) is 1.64. The maximum atomic E-state index is 6.26. The van der Waals surface area contributed by atoms with Gasteiger partial charge in [-0.05, 0) is 31.2 Å². The second-order valence-electron chi connectivity index (χ2n) is 4.56. The first-order chi connectivity index (χ1) is 9.69. The summed E-state index contributed by atoms with van der Waals surface area (Å²) in [4.78, 5) is 8.98. The highest BCUT2D eigenvalue weighted by atomic mass is 35.5. The van der Waals surface area contributed by atoms with Gasteiger partial charge in [0, 0.05) is 5.39 Å². The Morgan fingerprint density at radius 2 is 1.85 bits per heavy atom. The maximum absolute atomic E-state index is 6.26. The summed E-state index contributed by atoms with van der Waals surface area (Å²) in [6.45, 7) is 2.02. The van der Waals surface area contributed by atoms with Crippen molar-refractivity contribution in [1.29, 1.82) is 0 Å². The number of benzene rings is 2. The van der Waals surface area contributed by atoms with Crippen LogP contribution < -0.4 is 4.74 Å². The number of para-hydroxylation sites is 1. The zero-order valence-electron chi connectivity index (χ0n) is 11.2. The molecule has 3 aromatic rings. The minimum Gasteiger partial charge on any atom is -0.496 e. The van der Waals surface area contributed by atoms with E-state index in [-0.39, 0.29) is 0 Å². The summed E-state index contributed by atoms with van der Waals surface area (Å²) < 4.78 is 5.38. The van der Waals surface area contributed by atoms with E-state index in [1.165, 1.54) is 0 Å². The number of aryl methyl sites for hydroxylation is 1. The molecule has 0 N–H and O–H groups in total. The lowest BCUT2D eigenvalue weighted by atomic mass is 10.1. The molecule has 3 nitrogen and oxygen atoms in total. The van der Waals surface area contributed by atoms with Crippen molar-refractivity contribution in [2.24, 2.45) is 0 Å². The standard InChI is InChI=1S/C16H13ClN2O/c1-10-7-8-14(20-2)12(9-10)16-18-13-6-4-3-5-11(13)15(17)19-16/h3-9H,1-2H3. The molecule has 20 heavy (non-hydrogen) atoms. The Morgan fingerprint density at radius 1 is 1.05 bits per heavy atom. The van der Waals surface area contributed by atoms with Crippen molar-refractivity contribution in [2.45, 2.75) is 6.92 Å². The fourth-order valence-electron chi connectivity index (χ4n) is 2.15. The lowest BCUT2D eigenvalue weighted by Crippen LogP contribution is -1.95. The Bertz CT molecular complexity index is 787. The van der Waals surface area contributed by atoms with Crippen molar-refractivity contribution in [2.75, 3.05) is 7.11 Å². The van der Waals surface area contributed by atoms with E-state index in [1.54, 1.807) is 7.11 Å². The molecular weight excluding hydrogens is 272 g/mol. The van der Waals surface area contributed by atoms with Crippen molar-refractivity contribution in [3.05, 3.63) is 53.2 Å². The molecule has 0 amide bonds. The molecule has 0 radical (unpaired) electrons. The minimum atomic E-state index is 0.453. The Hall–Kier alpha value is -2.13. The molecule has 0 aliphatic heterocycles. The first-order valence-electron chi connectivity index (χ1n) is 6.26. The maximum Gasteiger partial charge on any atom is 0.165 e. The zero-order chi connectivity index (χ0) is 14.1. The third kappa shape index (κ3) is 2.21. The molecule has 100 valence electrons. The van der Waals surface area contributed by atoms with Gasteiger partial charge < -0.3 is 4.74 Å². The molecule has 0 aliphatic rings. The van der Waals surface area contributed by atoms with Crippen molar-refractivity contribution < 1.29 is 4.74 Å². The quantitative estimate of drug-likeness (QED) is 0.659. The highest BCUT2D eigenvalue weighted by Crippen LogP contribution is 2.31. The van der Waals surface area contributed by atoms with Crippen LogP contribution in [0.2, 0.25) is 5.15 Å². The molecule has 0 spiro atoms. The number of halogens is 1. The van der Waals surface area contributed by atoms with Crippen LogP contribution in [0.1, 0.15) is 5.56 Å². The van der Waals surface area contributed by atoms with Gasteiger partial charge in [-0.2, -0.15) is 0 Å². The first-order valence-corrected chi connectivity index (χ1v) is 6.64. The summed E-state index contributed by atoms with van der Waals surface area (Å²) >= 11 is 6.26. The topological polar surface area (TPSA) is 35.0 Å². The highest BCUT2D eigenvalue weighted by Gasteiger charge is 2.12. The number of aromatic nitrogens is 2. The number of fused-ring (bicyclic) bond motifs is 1. The van der Waals surface area contributed by atoms with Gasteiger partial charge in [0.2, 0.25) is 0 Å². The number of methoxy groups -OCH3 is 1. The molecule has 0 atom stereocenters. The highest BCUT2D eigenvalue weighted by molar-refractivity contribution is 6.34. The first kappa shape index (κ1) is 12.9. The Labute approximate surface area is 122 Å². The van der Waals surface area contributed by atoms with Gasteiger partial charge in [-0.1, -0.05) is 35.4 Å². The van der Waals surface area contributed by atoms with E-state index < -0.39 is 0 Å². The van der Waals surface area contributed by atoms with E-state index in [0.717, 1.165) is 27.8 Å². The van der Waals surface area contributed by atoms with Gasteiger partial charge in [-0.15, -0.1) is 0 Å². The average Bonchev–Trinajstić information content (AvgIpc) is 2.47. The second kappa shape index (κ2) is 5.10. The Morgan fingerprint density at radius 3 is 2.65 bits per heavy atom. The molecule has 2 aromatic carbocycles. The van der Waals surface area contributed by atoms with Crippen molar-refractivity contribution >= 4 is 22.5 Å². The molecular formula is C16H13ClN2O. The summed E-state index contributed by atoms with van der Waals surface area (Å²) in [5, 5.41) is 1.30. The molecule has 0 unspecified atom stereocenters. The van der Waals surface area contributed by atoms with Crippen LogP contribution in [0.3, 0.4) is 0 Å². The minimum absolute atomic E-state index is 0.453. The molecule has 0 saturated heterocycles. The second-order valence-corrected chi connectivity index (χ2v) is 4.92. The van der Waals surface area contributed by atoms with Gasteiger partial charge in [0.25, 0.3) is 0 Å². The predicted octanol–water partition coefficient (Wildman–Crippen LogP) is 4.27. The Balaban J connectivity index is 2.27. The molecule has 0 fully saturated rings.